The van der Waals surface area contributed by atoms with Crippen molar-refractivity contribution in [3.8, 4) is 29.1 Å². The van der Waals surface area contributed by atoms with Gasteiger partial charge in [-0.25, -0.2) is 4.79 Å². The molecule has 5 rings (SSSR count). The molecule has 2 aromatic heterocycles. The van der Waals surface area contributed by atoms with Crippen LogP contribution >= 0.6 is 0 Å². The monoisotopic (exact) mass is 517 g/mol. The van der Waals surface area contributed by atoms with Gasteiger partial charge < -0.3 is 24.8 Å². The van der Waals surface area contributed by atoms with Crippen molar-refractivity contribution in [3.63, 3.8) is 0 Å². The lowest BCUT2D eigenvalue weighted by atomic mass is 10.1. The molecule has 0 fully saturated rings. The zero-order chi connectivity index (χ0) is 27.0. The zero-order valence-electron chi connectivity index (χ0n) is 20.9. The molecular formula is C30H23N5O4. The van der Waals surface area contributed by atoms with Crippen molar-refractivity contribution in [1.82, 2.24) is 9.97 Å². The summed E-state index contributed by atoms with van der Waals surface area (Å²) in [6, 6.07) is 24.7. The van der Waals surface area contributed by atoms with Crippen LogP contribution in [-0.4, -0.2) is 23.1 Å². The molecule has 2 N–H and O–H groups in total. The fourth-order valence-corrected chi connectivity index (χ4v) is 3.79. The molecule has 3 aromatic carbocycles. The van der Waals surface area contributed by atoms with Crippen molar-refractivity contribution in [3.05, 3.63) is 109 Å². The predicted octanol–water partition coefficient (Wildman–Crippen LogP) is 6.53. The highest BCUT2D eigenvalue weighted by molar-refractivity contribution is 5.99. The lowest BCUT2D eigenvalue weighted by Crippen LogP contribution is -2.19. The molecule has 5 aromatic rings. The molecule has 0 saturated heterocycles. The van der Waals surface area contributed by atoms with Gasteiger partial charge in [0, 0.05) is 47.0 Å². The summed E-state index contributed by atoms with van der Waals surface area (Å²) < 4.78 is 17.1. The second kappa shape index (κ2) is 11.6. The van der Waals surface area contributed by atoms with Crippen LogP contribution in [0.25, 0.3) is 10.9 Å². The number of urea groups is 1. The van der Waals surface area contributed by atoms with Crippen LogP contribution in [0.4, 0.5) is 16.2 Å². The van der Waals surface area contributed by atoms with E-state index in [9.17, 15) is 10.1 Å². The number of pyridine rings is 2. The Bertz CT molecular complexity index is 1630. The zero-order valence-corrected chi connectivity index (χ0v) is 20.9. The van der Waals surface area contributed by atoms with Gasteiger partial charge in [-0.2, -0.15) is 5.26 Å². The third-order valence-electron chi connectivity index (χ3n) is 5.73. The Kier molecular flexibility index (Phi) is 7.46. The number of methoxy groups -OCH3 is 1. The highest BCUT2D eigenvalue weighted by Crippen LogP contribution is 2.33. The molecule has 0 radical (unpaired) electrons. The summed E-state index contributed by atoms with van der Waals surface area (Å²) in [5.74, 6) is 2.23. The number of hydrogen-bond acceptors (Lipinski definition) is 7. The van der Waals surface area contributed by atoms with E-state index in [0.29, 0.717) is 50.8 Å². The fraction of sp³-hybridized carbons (Fsp3) is 0.0667. The molecule has 0 spiro atoms. The number of benzene rings is 3. The molecule has 39 heavy (non-hydrogen) atoms. The molecule has 0 aliphatic rings. The van der Waals surface area contributed by atoms with Crippen molar-refractivity contribution in [2.24, 2.45) is 0 Å². The third kappa shape index (κ3) is 6.21. The molecule has 0 unspecified atom stereocenters. The minimum atomic E-state index is -0.375. The van der Waals surface area contributed by atoms with Crippen LogP contribution in [0.15, 0.2) is 97.5 Å². The van der Waals surface area contributed by atoms with E-state index in [0.717, 1.165) is 5.56 Å². The Morgan fingerprint density at radius 3 is 2.26 bits per heavy atom. The number of nitriles is 1. The van der Waals surface area contributed by atoms with E-state index >= 15 is 0 Å². The Morgan fingerprint density at radius 2 is 1.62 bits per heavy atom. The van der Waals surface area contributed by atoms with Gasteiger partial charge >= 0.3 is 6.03 Å². The Labute approximate surface area is 224 Å². The maximum Gasteiger partial charge on any atom is 0.323 e. The van der Waals surface area contributed by atoms with Gasteiger partial charge in [-0.05, 0) is 66.7 Å². The normalized spacial score (nSPS) is 10.4. The molecule has 0 bridgehead atoms. The summed E-state index contributed by atoms with van der Waals surface area (Å²) in [7, 11) is 1.58. The van der Waals surface area contributed by atoms with E-state index < -0.39 is 0 Å². The van der Waals surface area contributed by atoms with Crippen molar-refractivity contribution in [1.29, 1.82) is 5.26 Å². The smallest absolute Gasteiger partial charge is 0.323 e. The topological polar surface area (TPSA) is 118 Å². The molecular weight excluding hydrogens is 494 g/mol. The van der Waals surface area contributed by atoms with Gasteiger partial charge in [-0.1, -0.05) is 6.07 Å². The summed E-state index contributed by atoms with van der Waals surface area (Å²) in [6.07, 6.45) is 5.04. The summed E-state index contributed by atoms with van der Waals surface area (Å²) in [4.78, 5) is 20.8. The second-order valence-electron chi connectivity index (χ2n) is 8.37. The van der Waals surface area contributed by atoms with Crippen LogP contribution in [0.2, 0.25) is 0 Å². The highest BCUT2D eigenvalue weighted by Gasteiger charge is 2.12. The number of rotatable bonds is 8. The number of hydrogen-bond donors (Lipinski definition) is 2. The minimum absolute atomic E-state index is 0.280. The van der Waals surface area contributed by atoms with Gasteiger partial charge in [-0.3, -0.25) is 9.97 Å². The predicted molar refractivity (Wildman–Crippen MR) is 147 cm³/mol. The van der Waals surface area contributed by atoms with Crippen LogP contribution in [0.5, 0.6) is 23.0 Å². The Morgan fingerprint density at radius 1 is 0.897 bits per heavy atom. The van der Waals surface area contributed by atoms with E-state index in [-0.39, 0.29) is 12.6 Å². The molecule has 9 heteroatoms. The van der Waals surface area contributed by atoms with Gasteiger partial charge in [0.15, 0.2) is 0 Å². The maximum absolute atomic E-state index is 12.3. The fourth-order valence-electron chi connectivity index (χ4n) is 3.79. The number of nitrogens with zero attached hydrogens (tertiary/aromatic N) is 3. The molecule has 2 amide bonds. The third-order valence-corrected chi connectivity index (χ3v) is 5.73. The molecule has 0 saturated carbocycles. The number of carbonyl (C=O) groups excluding carboxylic acids is 1. The summed E-state index contributed by atoms with van der Waals surface area (Å²) in [5, 5.41) is 15.9. The average molecular weight is 518 g/mol. The number of aromatic nitrogens is 2. The number of amides is 2. The first-order valence-electron chi connectivity index (χ1n) is 12.0. The summed E-state index contributed by atoms with van der Waals surface area (Å²) >= 11 is 0. The van der Waals surface area contributed by atoms with E-state index in [4.69, 9.17) is 14.2 Å². The van der Waals surface area contributed by atoms with Crippen LogP contribution < -0.4 is 24.8 Å². The van der Waals surface area contributed by atoms with E-state index in [1.807, 2.05) is 12.1 Å². The molecule has 192 valence electrons. The van der Waals surface area contributed by atoms with Gasteiger partial charge in [0.25, 0.3) is 0 Å². The summed E-state index contributed by atoms with van der Waals surface area (Å²) in [6.45, 7) is 0.280. The van der Waals surface area contributed by atoms with E-state index in [2.05, 4.69) is 26.7 Å². The average Bonchev–Trinajstić information content (AvgIpc) is 2.97. The first kappa shape index (κ1) is 25.0. The van der Waals surface area contributed by atoms with Gasteiger partial charge in [0.2, 0.25) is 0 Å². The maximum atomic E-state index is 12.3. The van der Waals surface area contributed by atoms with Gasteiger partial charge in [0.1, 0.15) is 35.7 Å². The van der Waals surface area contributed by atoms with Gasteiger partial charge in [-0.15, -0.1) is 0 Å². The van der Waals surface area contributed by atoms with Crippen molar-refractivity contribution >= 4 is 28.3 Å². The van der Waals surface area contributed by atoms with Crippen molar-refractivity contribution in [2.75, 3.05) is 17.7 Å². The number of carbonyl (C=O) groups is 1. The molecule has 0 aliphatic carbocycles. The number of ether oxygens (including phenoxy) is 3. The van der Waals surface area contributed by atoms with E-state index in [1.54, 1.807) is 92.4 Å². The van der Waals surface area contributed by atoms with Crippen LogP contribution in [0.1, 0.15) is 11.1 Å². The summed E-state index contributed by atoms with van der Waals surface area (Å²) in [5.41, 5.74) is 3.12. The number of fused-ring (bicyclic) bond motifs is 1. The van der Waals surface area contributed by atoms with Crippen molar-refractivity contribution < 1.29 is 19.0 Å². The second-order valence-corrected chi connectivity index (χ2v) is 8.37. The Balaban J connectivity index is 1.27. The molecule has 9 nitrogen and oxygen atoms in total. The van der Waals surface area contributed by atoms with Crippen LogP contribution in [0.3, 0.4) is 0 Å². The quantitative estimate of drug-likeness (QED) is 0.240. The van der Waals surface area contributed by atoms with E-state index in [1.165, 1.54) is 0 Å². The van der Waals surface area contributed by atoms with Gasteiger partial charge in [0.05, 0.1) is 18.2 Å². The number of anilines is 2. The highest BCUT2D eigenvalue weighted by atomic mass is 16.5. The lowest BCUT2D eigenvalue weighted by Gasteiger charge is -2.13. The van der Waals surface area contributed by atoms with Crippen LogP contribution in [-0.2, 0) is 6.61 Å². The SMILES string of the molecule is COc1ccc(NC(=O)Nc2ccc(Oc3ccnc4cc(OCc5cccnc5)c(C#N)cc34)cc2)cc1. The first-order chi connectivity index (χ1) is 19.1. The molecule has 2 heterocycles. The largest absolute Gasteiger partial charge is 0.497 e. The minimum Gasteiger partial charge on any atom is -0.497 e. The number of nitrogens with one attached hydrogen (secondary N) is 2. The lowest BCUT2D eigenvalue weighted by molar-refractivity contribution is 0.262. The molecule has 0 atom stereocenters. The molecule has 0 aliphatic heterocycles. The van der Waals surface area contributed by atoms with Crippen LogP contribution in [0, 0.1) is 11.3 Å². The Hall–Kier alpha value is -5.62. The van der Waals surface area contributed by atoms with Crippen molar-refractivity contribution in [2.45, 2.75) is 6.61 Å². The standard InChI is InChI=1S/C30H23N5O4/c1-37-24-8-4-22(5-9-24)34-30(36)35-23-6-10-25(11-7-23)39-28-12-14-33-27-16-29(21(17-31)15-26(27)28)38-19-20-3-2-13-32-18-20/h2-16,18H,19H2,1H3,(H2,34,35,36). The first-order valence-corrected chi connectivity index (χ1v) is 12.0.